The molecule has 8 nitrogen and oxygen atoms in total. The van der Waals surface area contributed by atoms with Crippen molar-refractivity contribution in [3.05, 3.63) is 64.8 Å². The summed E-state index contributed by atoms with van der Waals surface area (Å²) >= 11 is 0. The highest BCUT2D eigenvalue weighted by Gasteiger charge is 2.28. The summed E-state index contributed by atoms with van der Waals surface area (Å²) in [6.07, 6.45) is 1.35. The minimum Gasteiger partial charge on any atom is -0.493 e. The number of amides is 1. The van der Waals surface area contributed by atoms with Crippen LogP contribution in [-0.4, -0.2) is 53.7 Å². The number of para-hydroxylation sites is 1. The molecule has 1 aliphatic heterocycles. The highest BCUT2D eigenvalue weighted by molar-refractivity contribution is 6.08. The number of benzene rings is 2. The number of likely N-dealkylation sites (N-methyl/N-ethyl adjacent to an activating group) is 1. The molecule has 2 N–H and O–H groups in total. The van der Waals surface area contributed by atoms with Crippen molar-refractivity contribution in [2.24, 2.45) is 0 Å². The van der Waals surface area contributed by atoms with Crippen LogP contribution in [0, 0.1) is 0 Å². The number of rotatable bonds is 10. The molecule has 0 saturated carbocycles. The van der Waals surface area contributed by atoms with Gasteiger partial charge in [0, 0.05) is 36.2 Å². The average Bonchev–Trinajstić information content (AvgIpc) is 2.89. The van der Waals surface area contributed by atoms with Crippen molar-refractivity contribution in [2.45, 2.75) is 45.7 Å². The van der Waals surface area contributed by atoms with Crippen molar-refractivity contribution in [3.8, 4) is 11.5 Å². The van der Waals surface area contributed by atoms with Crippen LogP contribution in [0.4, 0.5) is 0 Å². The highest BCUT2D eigenvalue weighted by Crippen LogP contribution is 2.33. The van der Waals surface area contributed by atoms with Crippen LogP contribution < -0.4 is 14.8 Å². The van der Waals surface area contributed by atoms with E-state index in [1.807, 2.05) is 31.2 Å². The van der Waals surface area contributed by atoms with Gasteiger partial charge in [-0.25, -0.2) is 0 Å². The minimum atomic E-state index is -1.01. The van der Waals surface area contributed by atoms with E-state index in [1.165, 1.54) is 7.11 Å². The van der Waals surface area contributed by atoms with Crippen LogP contribution in [0.25, 0.3) is 10.9 Å². The van der Waals surface area contributed by atoms with E-state index in [1.54, 1.807) is 18.2 Å². The van der Waals surface area contributed by atoms with Gasteiger partial charge in [0.05, 0.1) is 37.3 Å². The molecule has 0 radical (unpaired) electrons. The normalized spacial score (nSPS) is 14.2. The number of pyridine rings is 1. The lowest BCUT2D eigenvalue weighted by Crippen LogP contribution is -2.35. The van der Waals surface area contributed by atoms with Gasteiger partial charge in [-0.1, -0.05) is 38.1 Å². The monoisotopic (exact) mass is 491 g/mol. The Hall–Kier alpha value is -3.65. The Morgan fingerprint density at radius 3 is 2.69 bits per heavy atom. The predicted molar refractivity (Wildman–Crippen MR) is 138 cm³/mol. The number of fused-ring (bicyclic) bond motifs is 2. The van der Waals surface area contributed by atoms with E-state index in [2.05, 4.69) is 17.1 Å². The second kappa shape index (κ2) is 11.4. The fourth-order valence-corrected chi connectivity index (χ4v) is 4.66. The van der Waals surface area contributed by atoms with Crippen LogP contribution in [0.3, 0.4) is 0 Å². The molecule has 0 spiro atoms. The Kier molecular flexibility index (Phi) is 8.05. The Labute approximate surface area is 211 Å². The fourth-order valence-electron chi connectivity index (χ4n) is 4.66. The van der Waals surface area contributed by atoms with Gasteiger partial charge in [0.15, 0.2) is 11.5 Å². The van der Waals surface area contributed by atoms with Gasteiger partial charge in [0.2, 0.25) is 0 Å². The molecular weight excluding hydrogens is 458 g/mol. The third kappa shape index (κ3) is 5.44. The molecule has 8 heteroatoms. The zero-order chi connectivity index (χ0) is 25.7. The van der Waals surface area contributed by atoms with Gasteiger partial charge in [-0.3, -0.25) is 19.5 Å². The van der Waals surface area contributed by atoms with Gasteiger partial charge in [-0.2, -0.15) is 0 Å². The number of aromatic nitrogens is 1. The number of nitrogens with zero attached hydrogens (tertiary/aromatic N) is 2. The molecule has 4 rings (SSSR count). The van der Waals surface area contributed by atoms with Gasteiger partial charge >= 0.3 is 5.97 Å². The lowest BCUT2D eigenvalue weighted by atomic mass is 9.94. The molecule has 1 amide bonds. The quantitative estimate of drug-likeness (QED) is 0.435. The number of carbonyl (C=O) groups excluding carboxylic acids is 1. The first-order valence-corrected chi connectivity index (χ1v) is 12.4. The van der Waals surface area contributed by atoms with Gasteiger partial charge < -0.3 is 19.9 Å². The topological polar surface area (TPSA) is 101 Å². The summed E-state index contributed by atoms with van der Waals surface area (Å²) in [6, 6.07) is 12.1. The summed E-state index contributed by atoms with van der Waals surface area (Å²) in [5.74, 6) is -0.239. The molecule has 3 aromatic rings. The van der Waals surface area contributed by atoms with E-state index >= 15 is 0 Å². The Bertz CT molecular complexity index is 1260. The predicted octanol–water partition coefficient (Wildman–Crippen LogP) is 4.36. The van der Waals surface area contributed by atoms with Gasteiger partial charge in [-0.05, 0) is 36.7 Å². The van der Waals surface area contributed by atoms with Gasteiger partial charge in [-0.15, -0.1) is 0 Å². The summed E-state index contributed by atoms with van der Waals surface area (Å²) in [7, 11) is 1.54. The first-order valence-electron chi connectivity index (χ1n) is 12.4. The molecule has 0 bridgehead atoms. The summed E-state index contributed by atoms with van der Waals surface area (Å²) in [6.45, 7) is 7.06. The van der Waals surface area contributed by atoms with E-state index < -0.39 is 12.0 Å². The number of nitrogens with one attached hydrogen (secondary N) is 1. The molecule has 1 aliphatic rings. The van der Waals surface area contributed by atoms with Crippen molar-refractivity contribution in [2.75, 3.05) is 26.8 Å². The second-order valence-corrected chi connectivity index (χ2v) is 8.93. The third-order valence-electron chi connectivity index (χ3n) is 6.54. The first-order chi connectivity index (χ1) is 17.4. The summed E-state index contributed by atoms with van der Waals surface area (Å²) in [5, 5.41) is 13.4. The molecule has 1 aromatic heterocycles. The molecule has 2 heterocycles. The molecule has 0 saturated heterocycles. The number of carbonyl (C=O) groups is 2. The van der Waals surface area contributed by atoms with Crippen LogP contribution in [0.1, 0.15) is 59.9 Å². The number of hydrogen-bond donors (Lipinski definition) is 2. The lowest BCUT2D eigenvalue weighted by molar-refractivity contribution is -0.137. The van der Waals surface area contributed by atoms with Crippen molar-refractivity contribution in [1.82, 2.24) is 15.2 Å². The van der Waals surface area contributed by atoms with Crippen LogP contribution in [0.5, 0.6) is 11.5 Å². The van der Waals surface area contributed by atoms with Crippen LogP contribution in [-0.2, 0) is 17.8 Å². The molecular formula is C28H33N3O5. The van der Waals surface area contributed by atoms with E-state index in [4.69, 9.17) is 14.5 Å². The summed E-state index contributed by atoms with van der Waals surface area (Å²) in [4.78, 5) is 32.7. The maximum atomic E-state index is 13.8. The van der Waals surface area contributed by atoms with Gasteiger partial charge in [0.25, 0.3) is 5.91 Å². The molecule has 2 aromatic carbocycles. The number of carboxylic acids is 1. The average molecular weight is 492 g/mol. The molecule has 0 fully saturated rings. The van der Waals surface area contributed by atoms with E-state index in [0.29, 0.717) is 35.8 Å². The van der Waals surface area contributed by atoms with E-state index in [9.17, 15) is 14.7 Å². The smallest absolute Gasteiger partial charge is 0.305 e. The van der Waals surface area contributed by atoms with E-state index in [-0.39, 0.29) is 12.3 Å². The number of aliphatic carboxylic acids is 1. The lowest BCUT2D eigenvalue weighted by Gasteiger charge is -2.29. The van der Waals surface area contributed by atoms with Crippen LogP contribution in [0.15, 0.2) is 42.5 Å². The molecule has 0 aliphatic carbocycles. The summed E-state index contributed by atoms with van der Waals surface area (Å²) in [5.41, 5.74) is 3.81. The van der Waals surface area contributed by atoms with E-state index in [0.717, 1.165) is 48.1 Å². The third-order valence-corrected chi connectivity index (χ3v) is 6.54. The fraction of sp³-hybridized carbons (Fsp3) is 0.393. The van der Waals surface area contributed by atoms with Crippen LogP contribution >= 0.6 is 0 Å². The summed E-state index contributed by atoms with van der Waals surface area (Å²) < 4.78 is 11.2. The Morgan fingerprint density at radius 2 is 1.97 bits per heavy atom. The second-order valence-electron chi connectivity index (χ2n) is 8.93. The highest BCUT2D eigenvalue weighted by atomic mass is 16.5. The van der Waals surface area contributed by atoms with Gasteiger partial charge in [0.1, 0.15) is 0 Å². The van der Waals surface area contributed by atoms with Crippen molar-refractivity contribution >= 4 is 22.8 Å². The SMILES string of the molecule is CCCOc1ccc(C(CC(=O)O)NC(=O)c2c3c(nc4ccccc24)CCN(CC)C3)cc1OC. The molecule has 190 valence electrons. The largest absolute Gasteiger partial charge is 0.493 e. The van der Waals surface area contributed by atoms with Crippen molar-refractivity contribution < 1.29 is 24.2 Å². The number of ether oxygens (including phenoxy) is 2. The number of hydrogen-bond acceptors (Lipinski definition) is 6. The number of methoxy groups -OCH3 is 1. The standard InChI is InChI=1S/C28H33N3O5/c1-4-14-36-24-11-10-18(15-25(24)35-3)23(16-26(32)33)30-28(34)27-19-8-6-7-9-21(19)29-22-12-13-31(5-2)17-20(22)27/h6-11,15,23H,4-5,12-14,16-17H2,1-3H3,(H,30,34)(H,32,33). The zero-order valence-corrected chi connectivity index (χ0v) is 21.0. The zero-order valence-electron chi connectivity index (χ0n) is 21.0. The Balaban J connectivity index is 1.73. The maximum absolute atomic E-state index is 13.8. The minimum absolute atomic E-state index is 0.268. The molecule has 1 atom stereocenters. The van der Waals surface area contributed by atoms with Crippen molar-refractivity contribution in [3.63, 3.8) is 0 Å². The maximum Gasteiger partial charge on any atom is 0.305 e. The molecule has 36 heavy (non-hydrogen) atoms. The first kappa shape index (κ1) is 25.4. The van der Waals surface area contributed by atoms with Crippen molar-refractivity contribution in [1.29, 1.82) is 0 Å². The Morgan fingerprint density at radius 1 is 1.17 bits per heavy atom. The van der Waals surface area contributed by atoms with Crippen LogP contribution in [0.2, 0.25) is 0 Å². The molecule has 1 unspecified atom stereocenters. The number of carboxylic acid groups (broad SMARTS) is 1.